The minimum absolute atomic E-state index is 0.105. The quantitative estimate of drug-likeness (QED) is 0.599. The molecule has 6 heteroatoms. The first-order valence-electron chi connectivity index (χ1n) is 10.7. The zero-order valence-corrected chi connectivity index (χ0v) is 17.6. The molecule has 0 saturated heterocycles. The number of hydrogen-bond donors (Lipinski definition) is 2. The van der Waals surface area contributed by atoms with Crippen molar-refractivity contribution in [3.05, 3.63) is 76.2 Å². The van der Waals surface area contributed by atoms with Gasteiger partial charge in [-0.05, 0) is 68.0 Å². The van der Waals surface area contributed by atoms with Gasteiger partial charge < -0.3 is 10.6 Å². The Labute approximate surface area is 181 Å². The standard InChI is InChI=1S/C25H26FN3O2/c1-16-9-10-22-20(13-16)24(19-7-2-3-8-21(19)29-22)25(31)28-12-11-27-23(30)15-17-5-4-6-18(26)14-17/h4-6,9-10,13-14H,2-3,7-8,11-12,15H2,1H3,(H,27,30)(H,28,31). The van der Waals surface area contributed by atoms with Crippen LogP contribution in [0.25, 0.3) is 10.9 Å². The number of nitrogens with zero attached hydrogens (tertiary/aromatic N) is 1. The van der Waals surface area contributed by atoms with Crippen LogP contribution in [-0.2, 0) is 24.1 Å². The smallest absolute Gasteiger partial charge is 0.252 e. The number of carbonyl (C=O) groups is 2. The van der Waals surface area contributed by atoms with Crippen LogP contribution in [0.5, 0.6) is 0 Å². The minimum Gasteiger partial charge on any atom is -0.354 e. The molecule has 0 aliphatic heterocycles. The maximum absolute atomic E-state index is 13.2. The Balaban J connectivity index is 1.42. The van der Waals surface area contributed by atoms with E-state index in [9.17, 15) is 14.0 Å². The third-order valence-electron chi connectivity index (χ3n) is 5.63. The Morgan fingerprint density at radius 3 is 2.68 bits per heavy atom. The third-order valence-corrected chi connectivity index (χ3v) is 5.63. The molecule has 1 aliphatic rings. The Morgan fingerprint density at radius 1 is 1.03 bits per heavy atom. The van der Waals surface area contributed by atoms with Crippen molar-refractivity contribution in [2.45, 2.75) is 39.0 Å². The third kappa shape index (κ3) is 4.90. The zero-order chi connectivity index (χ0) is 21.8. The molecule has 160 valence electrons. The number of aromatic nitrogens is 1. The number of carbonyl (C=O) groups excluding carboxylic acids is 2. The van der Waals surface area contributed by atoms with Gasteiger partial charge in [0.1, 0.15) is 5.82 Å². The number of hydrogen-bond acceptors (Lipinski definition) is 3. The summed E-state index contributed by atoms with van der Waals surface area (Å²) < 4.78 is 13.2. The second kappa shape index (κ2) is 9.25. The Kier molecular flexibility index (Phi) is 6.26. The summed E-state index contributed by atoms with van der Waals surface area (Å²) >= 11 is 0. The average molecular weight is 420 g/mol. The molecule has 31 heavy (non-hydrogen) atoms. The lowest BCUT2D eigenvalue weighted by molar-refractivity contribution is -0.120. The molecule has 0 spiro atoms. The summed E-state index contributed by atoms with van der Waals surface area (Å²) in [5.74, 6) is -0.696. The summed E-state index contributed by atoms with van der Waals surface area (Å²) in [6.45, 7) is 2.64. The van der Waals surface area contributed by atoms with E-state index in [1.807, 2.05) is 25.1 Å². The highest BCUT2D eigenvalue weighted by Crippen LogP contribution is 2.29. The van der Waals surface area contributed by atoms with Crippen LogP contribution in [0.2, 0.25) is 0 Å². The maximum atomic E-state index is 13.2. The van der Waals surface area contributed by atoms with Crippen LogP contribution in [0.3, 0.4) is 0 Å². The Hall–Kier alpha value is -3.28. The van der Waals surface area contributed by atoms with E-state index in [0.717, 1.165) is 59.0 Å². The molecule has 2 aromatic carbocycles. The fourth-order valence-corrected chi connectivity index (χ4v) is 4.16. The van der Waals surface area contributed by atoms with Crippen molar-refractivity contribution in [3.8, 4) is 0 Å². The molecule has 0 saturated carbocycles. The van der Waals surface area contributed by atoms with Crippen LogP contribution in [0.4, 0.5) is 4.39 Å². The second-order valence-electron chi connectivity index (χ2n) is 8.05. The number of amides is 2. The molecular weight excluding hydrogens is 393 g/mol. The number of benzene rings is 2. The van der Waals surface area contributed by atoms with E-state index in [0.29, 0.717) is 18.7 Å². The highest BCUT2D eigenvalue weighted by Gasteiger charge is 2.22. The predicted molar refractivity (Wildman–Crippen MR) is 119 cm³/mol. The van der Waals surface area contributed by atoms with Crippen LogP contribution < -0.4 is 10.6 Å². The molecule has 5 nitrogen and oxygen atoms in total. The van der Waals surface area contributed by atoms with Crippen molar-refractivity contribution in [1.29, 1.82) is 0 Å². The molecule has 0 radical (unpaired) electrons. The van der Waals surface area contributed by atoms with Gasteiger partial charge in [-0.25, -0.2) is 4.39 Å². The predicted octanol–water partition coefficient (Wildman–Crippen LogP) is 3.65. The van der Waals surface area contributed by atoms with Crippen molar-refractivity contribution < 1.29 is 14.0 Å². The first-order valence-corrected chi connectivity index (χ1v) is 10.7. The highest BCUT2D eigenvalue weighted by molar-refractivity contribution is 6.08. The van der Waals surface area contributed by atoms with Crippen molar-refractivity contribution in [3.63, 3.8) is 0 Å². The molecule has 4 rings (SSSR count). The average Bonchev–Trinajstić information content (AvgIpc) is 2.75. The van der Waals surface area contributed by atoms with E-state index < -0.39 is 0 Å². The van der Waals surface area contributed by atoms with Crippen LogP contribution in [0.1, 0.15) is 45.6 Å². The minimum atomic E-state index is -0.360. The normalized spacial score (nSPS) is 13.0. The molecule has 1 aromatic heterocycles. The van der Waals surface area contributed by atoms with Gasteiger partial charge in [0.05, 0.1) is 17.5 Å². The lowest BCUT2D eigenvalue weighted by Crippen LogP contribution is -2.36. The van der Waals surface area contributed by atoms with E-state index in [4.69, 9.17) is 4.98 Å². The van der Waals surface area contributed by atoms with Gasteiger partial charge in [0, 0.05) is 24.2 Å². The van der Waals surface area contributed by atoms with Gasteiger partial charge >= 0.3 is 0 Å². The number of rotatable bonds is 6. The van der Waals surface area contributed by atoms with Gasteiger partial charge in [0.2, 0.25) is 5.91 Å². The number of nitrogens with one attached hydrogen (secondary N) is 2. The van der Waals surface area contributed by atoms with Crippen LogP contribution in [0, 0.1) is 12.7 Å². The number of pyridine rings is 1. The molecule has 3 aromatic rings. The summed E-state index contributed by atoms with van der Waals surface area (Å²) in [7, 11) is 0. The molecule has 1 heterocycles. The summed E-state index contributed by atoms with van der Waals surface area (Å²) in [4.78, 5) is 30.0. The van der Waals surface area contributed by atoms with Crippen molar-refractivity contribution in [1.82, 2.24) is 15.6 Å². The molecule has 2 amide bonds. The number of fused-ring (bicyclic) bond motifs is 2. The Morgan fingerprint density at radius 2 is 1.84 bits per heavy atom. The summed E-state index contributed by atoms with van der Waals surface area (Å²) in [6.07, 6.45) is 4.01. The first-order chi connectivity index (χ1) is 15.0. The van der Waals surface area contributed by atoms with Crippen molar-refractivity contribution in [2.75, 3.05) is 13.1 Å². The lowest BCUT2D eigenvalue weighted by Gasteiger charge is -2.20. The summed E-state index contributed by atoms with van der Waals surface area (Å²) in [5.41, 5.74) is 5.35. The molecule has 0 fully saturated rings. The fourth-order valence-electron chi connectivity index (χ4n) is 4.16. The maximum Gasteiger partial charge on any atom is 0.252 e. The molecule has 2 N–H and O–H groups in total. The lowest BCUT2D eigenvalue weighted by atomic mass is 9.89. The van der Waals surface area contributed by atoms with Crippen molar-refractivity contribution in [2.24, 2.45) is 0 Å². The van der Waals surface area contributed by atoms with E-state index in [1.54, 1.807) is 12.1 Å². The fraction of sp³-hybridized carbons (Fsp3) is 0.320. The largest absolute Gasteiger partial charge is 0.354 e. The van der Waals surface area contributed by atoms with Gasteiger partial charge in [0.25, 0.3) is 5.91 Å². The van der Waals surface area contributed by atoms with Gasteiger partial charge in [-0.3, -0.25) is 14.6 Å². The van der Waals surface area contributed by atoms with Gasteiger partial charge in [0.15, 0.2) is 0 Å². The van der Waals surface area contributed by atoms with Gasteiger partial charge in [-0.2, -0.15) is 0 Å². The summed E-state index contributed by atoms with van der Waals surface area (Å²) in [5, 5.41) is 6.61. The zero-order valence-electron chi connectivity index (χ0n) is 17.6. The van der Waals surface area contributed by atoms with Crippen molar-refractivity contribution >= 4 is 22.7 Å². The van der Waals surface area contributed by atoms with Crippen LogP contribution in [0.15, 0.2) is 42.5 Å². The van der Waals surface area contributed by atoms with Crippen LogP contribution >= 0.6 is 0 Å². The topological polar surface area (TPSA) is 71.1 Å². The SMILES string of the molecule is Cc1ccc2nc3c(c(C(=O)NCCNC(=O)Cc4cccc(F)c4)c2c1)CCCC3. The summed E-state index contributed by atoms with van der Waals surface area (Å²) in [6, 6.07) is 12.0. The second-order valence-corrected chi connectivity index (χ2v) is 8.05. The van der Waals surface area contributed by atoms with E-state index in [-0.39, 0.29) is 24.1 Å². The van der Waals surface area contributed by atoms with Gasteiger partial charge in [-0.15, -0.1) is 0 Å². The van der Waals surface area contributed by atoms with Gasteiger partial charge in [-0.1, -0.05) is 23.8 Å². The Bertz CT molecular complexity index is 1140. The van der Waals surface area contributed by atoms with E-state index >= 15 is 0 Å². The number of aryl methyl sites for hydroxylation is 2. The molecule has 0 unspecified atom stereocenters. The molecule has 0 bridgehead atoms. The van der Waals surface area contributed by atoms with E-state index in [2.05, 4.69) is 10.6 Å². The molecular formula is C25H26FN3O2. The highest BCUT2D eigenvalue weighted by atomic mass is 19.1. The number of halogens is 1. The monoisotopic (exact) mass is 419 g/mol. The van der Waals surface area contributed by atoms with E-state index in [1.165, 1.54) is 12.1 Å². The first kappa shape index (κ1) is 21.0. The molecule has 1 aliphatic carbocycles. The molecule has 0 atom stereocenters. The van der Waals surface area contributed by atoms with Crippen LogP contribution in [-0.4, -0.2) is 29.9 Å².